The molecule has 108 valence electrons. The first-order chi connectivity index (χ1) is 9.04. The molecule has 1 aromatic carbocycles. The van der Waals surface area contributed by atoms with Crippen LogP contribution in [-0.4, -0.2) is 26.4 Å². The summed E-state index contributed by atoms with van der Waals surface area (Å²) >= 11 is 0. The van der Waals surface area contributed by atoms with E-state index in [1.165, 1.54) is 13.2 Å². The van der Waals surface area contributed by atoms with Crippen LogP contribution >= 0.6 is 0 Å². The molecule has 0 amide bonds. The van der Waals surface area contributed by atoms with E-state index in [9.17, 15) is 4.39 Å². The summed E-state index contributed by atoms with van der Waals surface area (Å²) in [6, 6.07) is 5.11. The molecule has 0 aliphatic rings. The standard InChI is InChI=1S/C15H24FNO2/c1-11(2)19-9-5-8-17-12(3)13-6-7-14(16)15(10-13)18-4/h6-7,10-12,17H,5,8-9H2,1-4H3. The molecule has 19 heavy (non-hydrogen) atoms. The highest BCUT2D eigenvalue weighted by Crippen LogP contribution is 2.22. The lowest BCUT2D eigenvalue weighted by Gasteiger charge is -2.16. The smallest absolute Gasteiger partial charge is 0.165 e. The van der Waals surface area contributed by atoms with E-state index in [0.717, 1.165) is 25.1 Å². The Morgan fingerprint density at radius 1 is 1.26 bits per heavy atom. The molecular formula is C15H24FNO2. The minimum absolute atomic E-state index is 0.161. The van der Waals surface area contributed by atoms with E-state index < -0.39 is 0 Å². The first-order valence-corrected chi connectivity index (χ1v) is 6.73. The molecule has 0 aliphatic carbocycles. The molecule has 1 unspecified atom stereocenters. The second kappa shape index (κ2) is 8.12. The molecule has 0 fully saturated rings. The summed E-state index contributed by atoms with van der Waals surface area (Å²) in [6.07, 6.45) is 1.24. The second-order valence-electron chi connectivity index (χ2n) is 4.84. The Balaban J connectivity index is 2.38. The molecule has 1 atom stereocenters. The van der Waals surface area contributed by atoms with Crippen LogP contribution in [0.3, 0.4) is 0 Å². The summed E-state index contributed by atoms with van der Waals surface area (Å²) in [6.45, 7) is 7.73. The highest BCUT2D eigenvalue weighted by atomic mass is 19.1. The van der Waals surface area contributed by atoms with Crippen LogP contribution < -0.4 is 10.1 Å². The number of ether oxygens (including phenoxy) is 2. The summed E-state index contributed by atoms with van der Waals surface area (Å²) in [7, 11) is 1.48. The van der Waals surface area contributed by atoms with Crippen molar-refractivity contribution in [3.05, 3.63) is 29.6 Å². The van der Waals surface area contributed by atoms with Gasteiger partial charge in [0.1, 0.15) is 0 Å². The lowest BCUT2D eigenvalue weighted by molar-refractivity contribution is 0.0768. The third kappa shape index (κ3) is 5.57. The first kappa shape index (κ1) is 15.9. The van der Waals surface area contributed by atoms with E-state index >= 15 is 0 Å². The van der Waals surface area contributed by atoms with E-state index in [4.69, 9.17) is 9.47 Å². The molecule has 0 aliphatic heterocycles. The van der Waals surface area contributed by atoms with Crippen molar-refractivity contribution < 1.29 is 13.9 Å². The zero-order valence-corrected chi connectivity index (χ0v) is 12.2. The van der Waals surface area contributed by atoms with E-state index in [1.807, 2.05) is 13.8 Å². The van der Waals surface area contributed by atoms with Gasteiger partial charge in [0, 0.05) is 12.6 Å². The molecule has 1 N–H and O–H groups in total. The van der Waals surface area contributed by atoms with Crippen molar-refractivity contribution in [3.63, 3.8) is 0 Å². The Hall–Kier alpha value is -1.13. The van der Waals surface area contributed by atoms with Crippen molar-refractivity contribution in [1.82, 2.24) is 5.32 Å². The summed E-state index contributed by atoms with van der Waals surface area (Å²) in [4.78, 5) is 0. The number of halogens is 1. The Kier molecular flexibility index (Phi) is 6.81. The average molecular weight is 269 g/mol. The number of rotatable bonds is 8. The maximum absolute atomic E-state index is 13.3. The zero-order valence-electron chi connectivity index (χ0n) is 12.2. The quantitative estimate of drug-likeness (QED) is 0.735. The molecule has 0 radical (unpaired) electrons. The number of methoxy groups -OCH3 is 1. The monoisotopic (exact) mass is 269 g/mol. The normalized spacial score (nSPS) is 12.7. The van der Waals surface area contributed by atoms with Crippen LogP contribution in [0.15, 0.2) is 18.2 Å². The van der Waals surface area contributed by atoms with Gasteiger partial charge in [-0.1, -0.05) is 6.07 Å². The van der Waals surface area contributed by atoms with Crippen LogP contribution in [0, 0.1) is 5.82 Å². The van der Waals surface area contributed by atoms with Gasteiger partial charge in [-0.05, 0) is 51.4 Å². The van der Waals surface area contributed by atoms with Crippen molar-refractivity contribution >= 4 is 0 Å². The van der Waals surface area contributed by atoms with Crippen molar-refractivity contribution in [1.29, 1.82) is 0 Å². The lowest BCUT2D eigenvalue weighted by Crippen LogP contribution is -2.21. The molecule has 0 bridgehead atoms. The van der Waals surface area contributed by atoms with Gasteiger partial charge in [-0.25, -0.2) is 4.39 Å². The molecule has 3 nitrogen and oxygen atoms in total. The van der Waals surface area contributed by atoms with E-state index in [0.29, 0.717) is 0 Å². The Morgan fingerprint density at radius 2 is 2.00 bits per heavy atom. The number of hydrogen-bond donors (Lipinski definition) is 1. The van der Waals surface area contributed by atoms with Gasteiger partial charge in [-0.15, -0.1) is 0 Å². The average Bonchev–Trinajstić information content (AvgIpc) is 2.38. The second-order valence-corrected chi connectivity index (χ2v) is 4.84. The van der Waals surface area contributed by atoms with Crippen molar-refractivity contribution in [2.45, 2.75) is 39.3 Å². The van der Waals surface area contributed by atoms with Gasteiger partial charge in [-0.3, -0.25) is 0 Å². The summed E-state index contributed by atoms with van der Waals surface area (Å²) in [5.41, 5.74) is 1.02. The minimum atomic E-state index is -0.330. The topological polar surface area (TPSA) is 30.5 Å². The molecular weight excluding hydrogens is 245 g/mol. The van der Waals surface area contributed by atoms with Crippen LogP contribution in [-0.2, 0) is 4.74 Å². The molecule has 1 aromatic rings. The predicted octanol–water partition coefficient (Wildman–Crippen LogP) is 3.30. The maximum Gasteiger partial charge on any atom is 0.165 e. The molecule has 1 rings (SSSR count). The predicted molar refractivity (Wildman–Crippen MR) is 75.1 cm³/mol. The maximum atomic E-state index is 13.3. The lowest BCUT2D eigenvalue weighted by atomic mass is 10.1. The van der Waals surface area contributed by atoms with Crippen LogP contribution in [0.25, 0.3) is 0 Å². The minimum Gasteiger partial charge on any atom is -0.494 e. The summed E-state index contributed by atoms with van der Waals surface area (Å²) in [5, 5.41) is 3.39. The molecule has 0 spiro atoms. The van der Waals surface area contributed by atoms with Crippen molar-refractivity contribution in [2.24, 2.45) is 0 Å². The summed E-state index contributed by atoms with van der Waals surface area (Å²) in [5.74, 6) is -0.0434. The van der Waals surface area contributed by atoms with Crippen LogP contribution in [0.5, 0.6) is 5.75 Å². The van der Waals surface area contributed by atoms with Crippen molar-refractivity contribution in [2.75, 3.05) is 20.3 Å². The first-order valence-electron chi connectivity index (χ1n) is 6.73. The highest BCUT2D eigenvalue weighted by Gasteiger charge is 2.09. The third-order valence-electron chi connectivity index (χ3n) is 2.90. The summed E-state index contributed by atoms with van der Waals surface area (Å²) < 4.78 is 23.8. The fraction of sp³-hybridized carbons (Fsp3) is 0.600. The largest absolute Gasteiger partial charge is 0.494 e. The van der Waals surface area contributed by atoms with Crippen LogP contribution in [0.2, 0.25) is 0 Å². The van der Waals surface area contributed by atoms with E-state index in [2.05, 4.69) is 12.2 Å². The highest BCUT2D eigenvalue weighted by molar-refractivity contribution is 5.31. The number of nitrogens with one attached hydrogen (secondary N) is 1. The van der Waals surface area contributed by atoms with E-state index in [1.54, 1.807) is 12.1 Å². The van der Waals surface area contributed by atoms with Gasteiger partial charge in [0.2, 0.25) is 0 Å². The Labute approximate surface area is 115 Å². The molecule has 0 heterocycles. The van der Waals surface area contributed by atoms with Gasteiger partial charge in [0.05, 0.1) is 13.2 Å². The van der Waals surface area contributed by atoms with Gasteiger partial charge >= 0.3 is 0 Å². The number of benzene rings is 1. The Bertz CT molecular complexity index is 382. The van der Waals surface area contributed by atoms with Crippen LogP contribution in [0.4, 0.5) is 4.39 Å². The van der Waals surface area contributed by atoms with Gasteiger partial charge in [-0.2, -0.15) is 0 Å². The fourth-order valence-corrected chi connectivity index (χ4v) is 1.77. The van der Waals surface area contributed by atoms with Gasteiger partial charge in [0.15, 0.2) is 11.6 Å². The van der Waals surface area contributed by atoms with Gasteiger partial charge < -0.3 is 14.8 Å². The van der Waals surface area contributed by atoms with E-state index in [-0.39, 0.29) is 23.7 Å². The Morgan fingerprint density at radius 3 is 2.63 bits per heavy atom. The van der Waals surface area contributed by atoms with Gasteiger partial charge in [0.25, 0.3) is 0 Å². The molecule has 0 saturated carbocycles. The number of hydrogen-bond acceptors (Lipinski definition) is 3. The molecule has 0 saturated heterocycles. The SMILES string of the molecule is COc1cc(C(C)NCCCOC(C)C)ccc1F. The third-order valence-corrected chi connectivity index (χ3v) is 2.90. The fourth-order valence-electron chi connectivity index (χ4n) is 1.77. The van der Waals surface area contributed by atoms with Crippen molar-refractivity contribution in [3.8, 4) is 5.75 Å². The molecule has 4 heteroatoms. The van der Waals surface area contributed by atoms with Crippen LogP contribution in [0.1, 0.15) is 38.8 Å². The zero-order chi connectivity index (χ0) is 14.3. The molecule has 0 aromatic heterocycles.